The Hall–Kier alpha value is -0.870. The molecule has 0 aromatic rings. The molecule has 1 unspecified atom stereocenters. The molecular formula is C31H60O4. The van der Waals surface area contributed by atoms with Crippen molar-refractivity contribution < 1.29 is 19.4 Å². The summed E-state index contributed by atoms with van der Waals surface area (Å²) in [5.74, 6) is -0.211. The van der Waals surface area contributed by atoms with Gasteiger partial charge in [0.05, 0.1) is 13.2 Å². The van der Waals surface area contributed by atoms with Crippen LogP contribution in [0, 0.1) is 0 Å². The Balaban J connectivity index is 3.46. The summed E-state index contributed by atoms with van der Waals surface area (Å²) in [7, 11) is 0. The van der Waals surface area contributed by atoms with Crippen molar-refractivity contribution in [2.45, 2.75) is 161 Å². The zero-order valence-electron chi connectivity index (χ0n) is 23.6. The molecule has 0 bridgehead atoms. The monoisotopic (exact) mass is 496 g/mol. The average Bonchev–Trinajstić information content (AvgIpc) is 2.86. The SMILES string of the molecule is CCCCCCC/C=C\CCCCCCCC(=O)OC(CO)COCCCCCCCCCCC. The number of ether oxygens (including phenoxy) is 2. The van der Waals surface area contributed by atoms with E-state index in [4.69, 9.17) is 9.47 Å². The Labute approximate surface area is 218 Å². The lowest BCUT2D eigenvalue weighted by Crippen LogP contribution is -2.27. The zero-order chi connectivity index (χ0) is 25.7. The third-order valence-corrected chi connectivity index (χ3v) is 6.59. The van der Waals surface area contributed by atoms with Crippen LogP contribution < -0.4 is 0 Å². The van der Waals surface area contributed by atoms with E-state index in [1.807, 2.05) is 0 Å². The van der Waals surface area contributed by atoms with E-state index in [9.17, 15) is 9.90 Å². The fourth-order valence-corrected chi connectivity index (χ4v) is 4.26. The van der Waals surface area contributed by atoms with Gasteiger partial charge in [-0.3, -0.25) is 4.79 Å². The van der Waals surface area contributed by atoms with Gasteiger partial charge < -0.3 is 14.6 Å². The number of unbranched alkanes of at least 4 members (excludes halogenated alkanes) is 18. The predicted octanol–water partition coefficient (Wildman–Crippen LogP) is 9.09. The Morgan fingerprint density at radius 3 is 1.63 bits per heavy atom. The predicted molar refractivity (Wildman–Crippen MR) is 150 cm³/mol. The molecule has 1 atom stereocenters. The van der Waals surface area contributed by atoms with E-state index in [2.05, 4.69) is 26.0 Å². The lowest BCUT2D eigenvalue weighted by atomic mass is 10.1. The molecule has 0 heterocycles. The van der Waals surface area contributed by atoms with Crippen LogP contribution in [-0.4, -0.2) is 37.0 Å². The summed E-state index contributed by atoms with van der Waals surface area (Å²) in [4.78, 5) is 12.0. The molecule has 0 spiro atoms. The summed E-state index contributed by atoms with van der Waals surface area (Å²) in [6.07, 6.45) is 30.9. The van der Waals surface area contributed by atoms with Crippen LogP contribution in [-0.2, 0) is 14.3 Å². The number of hydrogen-bond acceptors (Lipinski definition) is 4. The Kier molecular flexibility index (Phi) is 28.6. The van der Waals surface area contributed by atoms with Gasteiger partial charge in [-0.2, -0.15) is 0 Å². The van der Waals surface area contributed by atoms with Crippen LogP contribution in [0.15, 0.2) is 12.2 Å². The maximum atomic E-state index is 12.0. The average molecular weight is 497 g/mol. The van der Waals surface area contributed by atoms with Gasteiger partial charge in [0, 0.05) is 13.0 Å². The molecule has 0 aromatic heterocycles. The van der Waals surface area contributed by atoms with Gasteiger partial charge in [-0.05, 0) is 38.5 Å². The summed E-state index contributed by atoms with van der Waals surface area (Å²) in [5.41, 5.74) is 0. The third kappa shape index (κ3) is 27.6. The van der Waals surface area contributed by atoms with E-state index < -0.39 is 6.10 Å². The number of allylic oxidation sites excluding steroid dienone is 2. The maximum absolute atomic E-state index is 12.0. The summed E-state index contributed by atoms with van der Waals surface area (Å²) in [5, 5.41) is 9.47. The Bertz CT molecular complexity index is 449. The standard InChI is InChI=1S/C31H60O4/c1-3-5-7-9-11-13-14-15-16-17-18-20-22-24-26-31(33)35-30(28-32)29-34-27-25-23-21-19-12-10-8-6-4-2/h14-15,30,32H,3-13,16-29H2,1-2H3/b15-14-. The van der Waals surface area contributed by atoms with Gasteiger partial charge in [0.25, 0.3) is 0 Å². The quantitative estimate of drug-likeness (QED) is 0.0666. The number of esters is 1. The van der Waals surface area contributed by atoms with Crippen molar-refractivity contribution in [3.63, 3.8) is 0 Å². The minimum absolute atomic E-state index is 0.171. The van der Waals surface area contributed by atoms with E-state index in [0.717, 1.165) is 19.3 Å². The lowest BCUT2D eigenvalue weighted by molar-refractivity contribution is -0.154. The minimum atomic E-state index is -0.528. The molecule has 4 nitrogen and oxygen atoms in total. The van der Waals surface area contributed by atoms with Crippen molar-refractivity contribution in [2.75, 3.05) is 19.8 Å². The molecule has 0 aliphatic rings. The van der Waals surface area contributed by atoms with Crippen molar-refractivity contribution in [3.05, 3.63) is 12.2 Å². The van der Waals surface area contributed by atoms with E-state index in [1.165, 1.54) is 116 Å². The Morgan fingerprint density at radius 2 is 1.11 bits per heavy atom. The molecule has 0 radical (unpaired) electrons. The van der Waals surface area contributed by atoms with Crippen LogP contribution in [0.1, 0.15) is 155 Å². The second-order valence-corrected chi connectivity index (χ2v) is 10.2. The van der Waals surface area contributed by atoms with E-state index >= 15 is 0 Å². The molecule has 4 heteroatoms. The largest absolute Gasteiger partial charge is 0.457 e. The fraction of sp³-hybridized carbons (Fsp3) is 0.903. The first-order chi connectivity index (χ1) is 17.2. The molecule has 1 N–H and O–H groups in total. The molecule has 0 rings (SSSR count). The minimum Gasteiger partial charge on any atom is -0.457 e. The summed E-state index contributed by atoms with van der Waals surface area (Å²) < 4.78 is 11.0. The van der Waals surface area contributed by atoms with Crippen LogP contribution in [0.3, 0.4) is 0 Å². The summed E-state index contributed by atoms with van der Waals surface area (Å²) in [6, 6.07) is 0. The lowest BCUT2D eigenvalue weighted by Gasteiger charge is -2.15. The summed E-state index contributed by atoms with van der Waals surface area (Å²) in [6.45, 7) is 5.32. The molecule has 0 amide bonds. The summed E-state index contributed by atoms with van der Waals surface area (Å²) >= 11 is 0. The molecular weight excluding hydrogens is 436 g/mol. The topological polar surface area (TPSA) is 55.8 Å². The first-order valence-corrected chi connectivity index (χ1v) is 15.3. The van der Waals surface area contributed by atoms with Gasteiger partial charge in [0.15, 0.2) is 0 Å². The Morgan fingerprint density at radius 1 is 0.657 bits per heavy atom. The zero-order valence-corrected chi connectivity index (χ0v) is 23.6. The number of carbonyl (C=O) groups is 1. The number of hydrogen-bond donors (Lipinski definition) is 1. The maximum Gasteiger partial charge on any atom is 0.306 e. The van der Waals surface area contributed by atoms with Crippen molar-refractivity contribution in [1.29, 1.82) is 0 Å². The molecule has 0 aromatic carbocycles. The number of aliphatic hydroxyl groups excluding tert-OH is 1. The molecule has 208 valence electrons. The highest BCUT2D eigenvalue weighted by atomic mass is 16.6. The van der Waals surface area contributed by atoms with Gasteiger partial charge in [-0.15, -0.1) is 0 Å². The van der Waals surface area contributed by atoms with Crippen LogP contribution in [0.4, 0.5) is 0 Å². The van der Waals surface area contributed by atoms with Gasteiger partial charge in [0.2, 0.25) is 0 Å². The number of aliphatic hydroxyl groups is 1. The first-order valence-electron chi connectivity index (χ1n) is 15.3. The molecule has 35 heavy (non-hydrogen) atoms. The van der Waals surface area contributed by atoms with Crippen LogP contribution in [0.5, 0.6) is 0 Å². The van der Waals surface area contributed by atoms with Crippen LogP contribution >= 0.6 is 0 Å². The second-order valence-electron chi connectivity index (χ2n) is 10.2. The van der Waals surface area contributed by atoms with Gasteiger partial charge in [-0.25, -0.2) is 0 Å². The highest BCUT2D eigenvalue weighted by Crippen LogP contribution is 2.11. The third-order valence-electron chi connectivity index (χ3n) is 6.59. The van der Waals surface area contributed by atoms with Gasteiger partial charge in [-0.1, -0.05) is 122 Å². The van der Waals surface area contributed by atoms with E-state index in [-0.39, 0.29) is 12.6 Å². The smallest absolute Gasteiger partial charge is 0.306 e. The number of carbonyl (C=O) groups excluding carboxylic acids is 1. The van der Waals surface area contributed by atoms with Crippen molar-refractivity contribution in [2.24, 2.45) is 0 Å². The highest BCUT2D eigenvalue weighted by molar-refractivity contribution is 5.69. The first kappa shape index (κ1) is 34.1. The highest BCUT2D eigenvalue weighted by Gasteiger charge is 2.13. The van der Waals surface area contributed by atoms with E-state index in [0.29, 0.717) is 19.6 Å². The van der Waals surface area contributed by atoms with Gasteiger partial charge >= 0.3 is 5.97 Å². The van der Waals surface area contributed by atoms with Crippen molar-refractivity contribution in [1.82, 2.24) is 0 Å². The van der Waals surface area contributed by atoms with Crippen LogP contribution in [0.2, 0.25) is 0 Å². The molecule has 0 saturated carbocycles. The van der Waals surface area contributed by atoms with Crippen molar-refractivity contribution in [3.8, 4) is 0 Å². The number of rotatable bonds is 28. The van der Waals surface area contributed by atoms with Crippen LogP contribution in [0.25, 0.3) is 0 Å². The fourth-order valence-electron chi connectivity index (χ4n) is 4.26. The molecule has 0 aliphatic heterocycles. The normalized spacial score (nSPS) is 12.4. The van der Waals surface area contributed by atoms with Crippen molar-refractivity contribution >= 4 is 5.97 Å². The molecule has 0 fully saturated rings. The molecule has 0 saturated heterocycles. The molecule has 0 aliphatic carbocycles. The van der Waals surface area contributed by atoms with E-state index in [1.54, 1.807) is 0 Å². The van der Waals surface area contributed by atoms with Gasteiger partial charge in [0.1, 0.15) is 6.10 Å². The second kappa shape index (κ2) is 29.4.